The molecule has 0 aliphatic carbocycles. The molecule has 0 bridgehead atoms. The van der Waals surface area contributed by atoms with Crippen LogP contribution in [-0.4, -0.2) is 57.4 Å². The fraction of sp³-hybridized carbons (Fsp3) is 0.320. The molecule has 3 aromatic heterocycles. The molecule has 7 nitrogen and oxygen atoms in total. The van der Waals surface area contributed by atoms with Crippen molar-refractivity contribution in [3.05, 3.63) is 58.9 Å². The number of nitrogens with one attached hydrogen (secondary N) is 1. The maximum absolute atomic E-state index is 12.6. The third-order valence-corrected chi connectivity index (χ3v) is 7.31. The van der Waals surface area contributed by atoms with E-state index in [2.05, 4.69) is 17.2 Å². The molecular weight excluding hydrogens is 445 g/mol. The Balaban J connectivity index is 1.28. The first-order chi connectivity index (χ1) is 16.6. The average molecular weight is 473 g/mol. The summed E-state index contributed by atoms with van der Waals surface area (Å²) in [6, 6.07) is 11.2. The van der Waals surface area contributed by atoms with Crippen molar-refractivity contribution < 1.29 is 9.90 Å². The summed E-state index contributed by atoms with van der Waals surface area (Å²) in [5.41, 5.74) is 4.40. The van der Waals surface area contributed by atoms with Crippen LogP contribution in [0.1, 0.15) is 18.4 Å². The van der Waals surface area contributed by atoms with Crippen LogP contribution in [-0.2, 0) is 11.2 Å². The number of hydrogen-bond donors (Lipinski definition) is 2. The first kappa shape index (κ1) is 22.5. The van der Waals surface area contributed by atoms with Gasteiger partial charge in [-0.05, 0) is 58.7 Å². The molecule has 1 fully saturated rings. The van der Waals surface area contributed by atoms with Crippen LogP contribution in [0, 0.1) is 5.92 Å². The van der Waals surface area contributed by atoms with Crippen LogP contribution < -0.4 is 10.8 Å². The van der Waals surface area contributed by atoms with Gasteiger partial charge in [0.1, 0.15) is 11.6 Å². The van der Waals surface area contributed by atoms with Gasteiger partial charge < -0.3 is 15.3 Å². The van der Waals surface area contributed by atoms with Gasteiger partial charge in [-0.1, -0.05) is 19.0 Å². The highest BCUT2D eigenvalue weighted by molar-refractivity contribution is 7.08. The van der Waals surface area contributed by atoms with Gasteiger partial charge in [-0.25, -0.2) is 4.98 Å². The third kappa shape index (κ3) is 4.66. The molecule has 1 aliphatic rings. The molecule has 0 spiro atoms. The monoisotopic (exact) mass is 473 g/mol. The number of thiophene rings is 1. The predicted octanol–water partition coefficient (Wildman–Crippen LogP) is 3.17. The van der Waals surface area contributed by atoms with Crippen molar-refractivity contribution in [2.24, 2.45) is 5.92 Å². The van der Waals surface area contributed by atoms with Crippen molar-refractivity contribution in [3.63, 3.8) is 0 Å². The second-order valence-corrected chi connectivity index (χ2v) is 9.60. The van der Waals surface area contributed by atoms with Crippen LogP contribution in [0.25, 0.3) is 16.9 Å². The molecular formula is C25H28BN5O2S. The fourth-order valence-corrected chi connectivity index (χ4v) is 5.20. The van der Waals surface area contributed by atoms with Gasteiger partial charge in [-0.2, -0.15) is 21.0 Å². The summed E-state index contributed by atoms with van der Waals surface area (Å²) in [7, 11) is 0.831. The van der Waals surface area contributed by atoms with E-state index in [-0.39, 0.29) is 11.7 Å². The number of piperidine rings is 1. The summed E-state index contributed by atoms with van der Waals surface area (Å²) in [6.45, 7) is 4.48. The molecule has 1 amide bonds. The molecule has 0 saturated carbocycles. The van der Waals surface area contributed by atoms with Gasteiger partial charge in [0.2, 0.25) is 5.91 Å². The molecule has 0 unspecified atom stereocenters. The number of amides is 1. The molecule has 4 heterocycles. The van der Waals surface area contributed by atoms with Gasteiger partial charge in [-0.3, -0.25) is 4.79 Å². The number of benzene rings is 1. The Bertz CT molecular complexity index is 1280. The Morgan fingerprint density at radius 1 is 1.26 bits per heavy atom. The van der Waals surface area contributed by atoms with Crippen molar-refractivity contribution in [2.45, 2.75) is 26.1 Å². The third-order valence-electron chi connectivity index (χ3n) is 6.58. The van der Waals surface area contributed by atoms with Gasteiger partial charge in [0.05, 0.1) is 12.1 Å². The molecule has 0 radical (unpaired) electrons. The number of carbonyl (C=O) groups excluding carboxylic acids is 1. The molecule has 1 aromatic carbocycles. The number of aromatic hydroxyl groups is 1. The van der Waals surface area contributed by atoms with Crippen molar-refractivity contribution in [1.82, 2.24) is 19.5 Å². The van der Waals surface area contributed by atoms with E-state index in [0.29, 0.717) is 17.9 Å². The molecule has 0 atom stereocenters. The molecule has 1 aliphatic heterocycles. The first-order valence-corrected chi connectivity index (χ1v) is 12.8. The molecule has 2 N–H and O–H groups in total. The van der Waals surface area contributed by atoms with Crippen molar-refractivity contribution in [2.75, 3.05) is 25.0 Å². The van der Waals surface area contributed by atoms with E-state index < -0.39 is 0 Å². The highest BCUT2D eigenvalue weighted by Gasteiger charge is 2.23. The van der Waals surface area contributed by atoms with E-state index in [9.17, 15) is 9.90 Å². The van der Waals surface area contributed by atoms with Crippen LogP contribution in [0.5, 0.6) is 5.75 Å². The smallest absolute Gasteiger partial charge is 0.227 e. The lowest BCUT2D eigenvalue weighted by atomic mass is 9.75. The average Bonchev–Trinajstić information content (AvgIpc) is 3.52. The second-order valence-electron chi connectivity index (χ2n) is 8.82. The quantitative estimate of drug-likeness (QED) is 0.403. The number of likely N-dealkylation sites (tertiary alicyclic amines) is 1. The second kappa shape index (κ2) is 9.89. The number of nitrogens with zero attached hydrogens (tertiary/aromatic N) is 4. The zero-order chi connectivity index (χ0) is 23.5. The normalized spacial score (nSPS) is 14.4. The maximum atomic E-state index is 12.6. The van der Waals surface area contributed by atoms with Gasteiger partial charge >= 0.3 is 0 Å². The molecule has 9 heteroatoms. The lowest BCUT2D eigenvalue weighted by molar-refractivity contribution is -0.131. The van der Waals surface area contributed by atoms with Crippen LogP contribution in [0.15, 0.2) is 53.4 Å². The van der Waals surface area contributed by atoms with Crippen LogP contribution >= 0.6 is 11.3 Å². The standard InChI is InChI=1S/C25H28BN5O2S/c1-26-20-15-28-31-23(13-21(29-25(20)31)19-4-2-3-5-22(19)32)27-14-17-6-9-30(10-7-17)24(33)12-18-8-11-34-16-18/h2-5,8,11,13,15-17,26-27,32H,6-7,9-10,12,14H2,1H3. The molecule has 34 heavy (non-hydrogen) atoms. The summed E-state index contributed by atoms with van der Waals surface area (Å²) < 4.78 is 1.85. The van der Waals surface area contributed by atoms with Crippen molar-refractivity contribution in [1.29, 1.82) is 0 Å². The summed E-state index contributed by atoms with van der Waals surface area (Å²) in [4.78, 5) is 19.4. The number of rotatable bonds is 7. The number of aromatic nitrogens is 3. The Hall–Kier alpha value is -3.33. The van der Waals surface area contributed by atoms with Crippen molar-refractivity contribution >= 4 is 41.5 Å². The van der Waals surface area contributed by atoms with E-state index >= 15 is 0 Å². The van der Waals surface area contributed by atoms with Crippen LogP contribution in [0.2, 0.25) is 6.82 Å². The topological polar surface area (TPSA) is 82.8 Å². The number of anilines is 1. The first-order valence-electron chi connectivity index (χ1n) is 11.8. The zero-order valence-corrected chi connectivity index (χ0v) is 20.1. The van der Waals surface area contributed by atoms with Gasteiger partial charge in [0.15, 0.2) is 12.9 Å². The molecule has 4 aromatic rings. The highest BCUT2D eigenvalue weighted by Crippen LogP contribution is 2.29. The van der Waals surface area contributed by atoms with Crippen molar-refractivity contribution in [3.8, 4) is 17.0 Å². The number of carbonyl (C=O) groups is 1. The molecule has 5 rings (SSSR count). The zero-order valence-electron chi connectivity index (χ0n) is 19.3. The summed E-state index contributed by atoms with van der Waals surface area (Å²) in [5, 5.41) is 22.6. The van der Waals surface area contributed by atoms with E-state index in [1.165, 1.54) is 0 Å². The van der Waals surface area contributed by atoms with E-state index in [4.69, 9.17) is 4.98 Å². The largest absolute Gasteiger partial charge is 0.507 e. The fourth-order valence-electron chi connectivity index (χ4n) is 4.53. The van der Waals surface area contributed by atoms with E-state index in [0.717, 1.165) is 67.9 Å². The summed E-state index contributed by atoms with van der Waals surface area (Å²) in [6.07, 6.45) is 4.31. The van der Waals surface area contributed by atoms with E-state index in [1.54, 1.807) is 17.4 Å². The highest BCUT2D eigenvalue weighted by atomic mass is 32.1. The summed E-state index contributed by atoms with van der Waals surface area (Å²) >= 11 is 1.63. The maximum Gasteiger partial charge on any atom is 0.227 e. The number of para-hydroxylation sites is 1. The Morgan fingerprint density at radius 2 is 2.09 bits per heavy atom. The lowest BCUT2D eigenvalue weighted by Gasteiger charge is -2.32. The number of phenols is 1. The van der Waals surface area contributed by atoms with Gasteiger partial charge in [0, 0.05) is 37.5 Å². The minimum Gasteiger partial charge on any atom is -0.507 e. The Morgan fingerprint density at radius 3 is 2.82 bits per heavy atom. The molecule has 174 valence electrons. The predicted molar refractivity (Wildman–Crippen MR) is 139 cm³/mol. The number of phenolic OH excluding ortho intramolecular Hbond substituents is 1. The number of hydrogen-bond acceptors (Lipinski definition) is 6. The lowest BCUT2D eigenvalue weighted by Crippen LogP contribution is -2.40. The van der Waals surface area contributed by atoms with Gasteiger partial charge in [-0.15, -0.1) is 0 Å². The minimum absolute atomic E-state index is 0.211. The Kier molecular flexibility index (Phi) is 6.53. The van der Waals surface area contributed by atoms with Gasteiger partial charge in [0.25, 0.3) is 0 Å². The SMILES string of the molecule is CBc1cnn2c(NCC3CCN(C(=O)Cc4ccsc4)CC3)cc(-c3ccccc3O)nc12. The Labute approximate surface area is 203 Å². The summed E-state index contributed by atoms with van der Waals surface area (Å²) in [5.74, 6) is 1.76. The minimum atomic E-state index is 0.211. The number of fused-ring (bicyclic) bond motifs is 1. The van der Waals surface area contributed by atoms with Crippen LogP contribution in [0.4, 0.5) is 5.82 Å². The van der Waals surface area contributed by atoms with Crippen LogP contribution in [0.3, 0.4) is 0 Å². The van der Waals surface area contributed by atoms with E-state index in [1.807, 2.05) is 56.7 Å². The molecule has 1 saturated heterocycles.